The van der Waals surface area contributed by atoms with Crippen LogP contribution in [0.2, 0.25) is 0 Å². The maximum Gasteiger partial charge on any atom is 0.182 e. The molecule has 0 N–H and O–H groups in total. The summed E-state index contributed by atoms with van der Waals surface area (Å²) >= 11 is 1.49. The van der Waals surface area contributed by atoms with E-state index >= 15 is 0 Å². The molecule has 0 amide bonds. The second-order valence-corrected chi connectivity index (χ2v) is 4.95. The van der Waals surface area contributed by atoms with Crippen molar-refractivity contribution in [1.29, 1.82) is 0 Å². The zero-order chi connectivity index (χ0) is 13.2. The summed E-state index contributed by atoms with van der Waals surface area (Å²) < 4.78 is 14.7. The lowest BCUT2D eigenvalue weighted by Gasteiger charge is -2.01. The molecule has 0 bridgehead atoms. The molecule has 96 valence electrons. The molecule has 3 aromatic rings. The number of fused-ring (bicyclic) bond motifs is 1. The second-order valence-electron chi connectivity index (χ2n) is 3.98. The Hall–Kier alpha value is -2.02. The maximum atomic E-state index is 13.1. The molecule has 0 saturated carbocycles. The number of thioether (sulfide) groups is 1. The molecule has 7 heteroatoms. The number of aromatic nitrogens is 5. The van der Waals surface area contributed by atoms with Gasteiger partial charge in [0.15, 0.2) is 11.2 Å². The van der Waals surface area contributed by atoms with Crippen molar-refractivity contribution in [3.63, 3.8) is 0 Å². The smallest absolute Gasteiger partial charge is 0.182 e. The molecule has 2 heterocycles. The van der Waals surface area contributed by atoms with Crippen molar-refractivity contribution in [2.75, 3.05) is 0 Å². The molecule has 3 rings (SSSR count). The summed E-state index contributed by atoms with van der Waals surface area (Å²) in [4.78, 5) is 8.32. The van der Waals surface area contributed by atoms with Gasteiger partial charge in [0.05, 0.1) is 0 Å². The van der Waals surface area contributed by atoms with Crippen molar-refractivity contribution >= 4 is 22.9 Å². The normalized spacial score (nSPS) is 11.1. The fourth-order valence-corrected chi connectivity index (χ4v) is 2.59. The monoisotopic (exact) mass is 275 g/mol. The predicted molar refractivity (Wildman–Crippen MR) is 70.1 cm³/mol. The zero-order valence-electron chi connectivity index (χ0n) is 10.1. The molecule has 0 aliphatic rings. The Morgan fingerprint density at radius 1 is 1.32 bits per heavy atom. The summed E-state index contributed by atoms with van der Waals surface area (Å²) in [5.41, 5.74) is 2.27. The molecule has 0 saturated heterocycles. The highest BCUT2D eigenvalue weighted by Gasteiger charge is 2.10. The molecule has 5 nitrogen and oxygen atoms in total. The lowest BCUT2D eigenvalue weighted by molar-refractivity contribution is 0.626. The van der Waals surface area contributed by atoms with Crippen LogP contribution in [0.25, 0.3) is 11.2 Å². The maximum absolute atomic E-state index is 13.1. The SMILES string of the molecule is Cn1nnc2c(SCc3cccc(F)c3)ncnc21. The van der Waals surface area contributed by atoms with Crippen molar-refractivity contribution in [2.24, 2.45) is 7.05 Å². The van der Waals surface area contributed by atoms with Gasteiger partial charge in [-0.05, 0) is 17.7 Å². The van der Waals surface area contributed by atoms with Crippen molar-refractivity contribution in [1.82, 2.24) is 25.0 Å². The summed E-state index contributed by atoms with van der Waals surface area (Å²) in [7, 11) is 1.78. The molecule has 0 radical (unpaired) electrons. The summed E-state index contributed by atoms with van der Waals surface area (Å²) in [6, 6.07) is 6.52. The van der Waals surface area contributed by atoms with Crippen LogP contribution in [-0.2, 0) is 12.8 Å². The van der Waals surface area contributed by atoms with Gasteiger partial charge in [0.25, 0.3) is 0 Å². The summed E-state index contributed by atoms with van der Waals surface area (Å²) in [6.45, 7) is 0. The van der Waals surface area contributed by atoms with Gasteiger partial charge >= 0.3 is 0 Å². The number of aryl methyl sites for hydroxylation is 1. The van der Waals surface area contributed by atoms with Crippen LogP contribution in [0.1, 0.15) is 5.56 Å². The molecule has 0 spiro atoms. The standard InChI is InChI=1S/C12H10FN5S/c1-18-11-10(16-17-18)12(15-7-14-11)19-6-8-3-2-4-9(13)5-8/h2-5,7H,6H2,1H3. The predicted octanol–water partition coefficient (Wildman–Crippen LogP) is 2.19. The molecular formula is C12H10FN5S. The first-order valence-electron chi connectivity index (χ1n) is 5.61. The van der Waals surface area contributed by atoms with E-state index in [1.54, 1.807) is 17.8 Å². The highest BCUT2D eigenvalue weighted by molar-refractivity contribution is 7.98. The van der Waals surface area contributed by atoms with Crippen LogP contribution >= 0.6 is 11.8 Å². The number of rotatable bonds is 3. The Morgan fingerprint density at radius 3 is 3.05 bits per heavy atom. The Kier molecular flexibility index (Phi) is 3.12. The zero-order valence-corrected chi connectivity index (χ0v) is 10.9. The minimum absolute atomic E-state index is 0.231. The minimum atomic E-state index is -0.231. The molecule has 0 aliphatic carbocycles. The van der Waals surface area contributed by atoms with Gasteiger partial charge in [-0.15, -0.1) is 5.10 Å². The van der Waals surface area contributed by atoms with E-state index in [0.29, 0.717) is 16.9 Å². The van der Waals surface area contributed by atoms with Crippen molar-refractivity contribution < 1.29 is 4.39 Å². The molecule has 2 aromatic heterocycles. The van der Waals surface area contributed by atoms with E-state index in [-0.39, 0.29) is 5.82 Å². The van der Waals surface area contributed by atoms with E-state index in [1.807, 2.05) is 6.07 Å². The molecular weight excluding hydrogens is 265 g/mol. The van der Waals surface area contributed by atoms with Gasteiger partial charge in [-0.2, -0.15) is 0 Å². The molecule has 0 fully saturated rings. The van der Waals surface area contributed by atoms with E-state index in [9.17, 15) is 4.39 Å². The van der Waals surface area contributed by atoms with Gasteiger partial charge in [0, 0.05) is 12.8 Å². The quantitative estimate of drug-likeness (QED) is 0.541. The van der Waals surface area contributed by atoms with Crippen LogP contribution in [0.15, 0.2) is 35.6 Å². The molecule has 0 aliphatic heterocycles. The van der Waals surface area contributed by atoms with Crippen LogP contribution in [0.3, 0.4) is 0 Å². The number of hydrogen-bond acceptors (Lipinski definition) is 5. The molecule has 1 aromatic carbocycles. The topological polar surface area (TPSA) is 56.5 Å². The third kappa shape index (κ3) is 2.41. The van der Waals surface area contributed by atoms with Gasteiger partial charge in [0.2, 0.25) is 0 Å². The fourth-order valence-electron chi connectivity index (χ4n) is 1.72. The van der Waals surface area contributed by atoms with Crippen LogP contribution < -0.4 is 0 Å². The van der Waals surface area contributed by atoms with Crippen LogP contribution in [0.5, 0.6) is 0 Å². The summed E-state index contributed by atoms with van der Waals surface area (Å²) in [5.74, 6) is 0.394. The Morgan fingerprint density at radius 2 is 2.21 bits per heavy atom. The first-order chi connectivity index (χ1) is 9.24. The molecule has 0 unspecified atom stereocenters. The van der Waals surface area contributed by atoms with Gasteiger partial charge < -0.3 is 0 Å². The first kappa shape index (κ1) is 12.0. The average Bonchev–Trinajstić information content (AvgIpc) is 2.79. The summed E-state index contributed by atoms with van der Waals surface area (Å²) in [6.07, 6.45) is 1.49. The Bertz CT molecular complexity index is 727. The van der Waals surface area contributed by atoms with Gasteiger partial charge in [-0.1, -0.05) is 29.1 Å². The van der Waals surface area contributed by atoms with Crippen molar-refractivity contribution in [3.05, 3.63) is 42.0 Å². The average molecular weight is 275 g/mol. The third-order valence-electron chi connectivity index (χ3n) is 2.62. The second kappa shape index (κ2) is 4.93. The van der Waals surface area contributed by atoms with Gasteiger partial charge in [-0.3, -0.25) is 0 Å². The van der Waals surface area contributed by atoms with Crippen molar-refractivity contribution in [3.8, 4) is 0 Å². The molecule has 19 heavy (non-hydrogen) atoms. The van der Waals surface area contributed by atoms with E-state index in [4.69, 9.17) is 0 Å². The number of benzene rings is 1. The van der Waals surface area contributed by atoms with E-state index in [2.05, 4.69) is 20.3 Å². The van der Waals surface area contributed by atoms with E-state index < -0.39 is 0 Å². The molecule has 0 atom stereocenters. The number of halogens is 1. The fraction of sp³-hybridized carbons (Fsp3) is 0.167. The van der Waals surface area contributed by atoms with E-state index in [0.717, 1.165) is 10.6 Å². The van der Waals surface area contributed by atoms with Crippen molar-refractivity contribution in [2.45, 2.75) is 10.8 Å². The summed E-state index contributed by atoms with van der Waals surface area (Å²) in [5, 5.41) is 8.71. The van der Waals surface area contributed by atoms with Gasteiger partial charge in [-0.25, -0.2) is 19.0 Å². The highest BCUT2D eigenvalue weighted by Crippen LogP contribution is 2.25. The lowest BCUT2D eigenvalue weighted by Crippen LogP contribution is -1.93. The minimum Gasteiger partial charge on any atom is -0.230 e. The third-order valence-corrected chi connectivity index (χ3v) is 3.67. The number of hydrogen-bond donors (Lipinski definition) is 0. The Balaban J connectivity index is 1.86. The highest BCUT2D eigenvalue weighted by atomic mass is 32.2. The number of nitrogens with zero attached hydrogens (tertiary/aromatic N) is 5. The van der Waals surface area contributed by atoms with E-state index in [1.165, 1.54) is 30.2 Å². The van der Waals surface area contributed by atoms with Crippen LogP contribution in [0.4, 0.5) is 4.39 Å². The van der Waals surface area contributed by atoms with Crippen LogP contribution in [0, 0.1) is 5.82 Å². The van der Waals surface area contributed by atoms with Crippen LogP contribution in [-0.4, -0.2) is 25.0 Å². The Labute approximate surface area is 112 Å². The largest absolute Gasteiger partial charge is 0.230 e. The lowest BCUT2D eigenvalue weighted by atomic mass is 10.2. The van der Waals surface area contributed by atoms with Gasteiger partial charge in [0.1, 0.15) is 17.2 Å². The first-order valence-corrected chi connectivity index (χ1v) is 6.60.